The lowest BCUT2D eigenvalue weighted by Crippen LogP contribution is -2.29. The highest BCUT2D eigenvalue weighted by atomic mass is 15.2. The second-order valence-corrected chi connectivity index (χ2v) is 4.12. The second-order valence-electron chi connectivity index (χ2n) is 4.12. The molecule has 0 spiro atoms. The fourth-order valence-electron chi connectivity index (χ4n) is 2.24. The molecule has 0 bridgehead atoms. The van der Waals surface area contributed by atoms with E-state index >= 15 is 0 Å². The molecule has 0 aliphatic carbocycles. The minimum absolute atomic E-state index is 0.157. The van der Waals surface area contributed by atoms with Gasteiger partial charge < -0.3 is 10.6 Å². The van der Waals surface area contributed by atoms with Crippen molar-refractivity contribution in [2.24, 2.45) is 5.73 Å². The Bertz CT molecular complexity index is 373. The van der Waals surface area contributed by atoms with Gasteiger partial charge in [-0.05, 0) is 31.9 Å². The van der Waals surface area contributed by atoms with E-state index in [9.17, 15) is 0 Å². The number of amidine groups is 1. The summed E-state index contributed by atoms with van der Waals surface area (Å²) in [6.07, 6.45) is 2.46. The lowest BCUT2D eigenvalue weighted by Gasteiger charge is -2.25. The first-order valence-corrected chi connectivity index (χ1v) is 5.40. The molecule has 1 aliphatic rings. The maximum atomic E-state index is 7.56. The average Bonchev–Trinajstić information content (AvgIpc) is 2.64. The fraction of sp³-hybridized carbons (Fsp3) is 0.417. The van der Waals surface area contributed by atoms with Gasteiger partial charge in [-0.3, -0.25) is 5.41 Å². The van der Waals surface area contributed by atoms with Crippen molar-refractivity contribution < 1.29 is 0 Å². The highest BCUT2D eigenvalue weighted by molar-refractivity contribution is 6.00. The third kappa shape index (κ3) is 1.82. The molecule has 80 valence electrons. The molecule has 1 aliphatic heterocycles. The van der Waals surface area contributed by atoms with Gasteiger partial charge in [-0.15, -0.1) is 0 Å². The minimum atomic E-state index is 0.157. The largest absolute Gasteiger partial charge is 0.384 e. The number of rotatable bonds is 2. The Kier molecular flexibility index (Phi) is 2.62. The van der Waals surface area contributed by atoms with Crippen LogP contribution in [0.1, 0.15) is 25.3 Å². The SMILES string of the molecule is CC1CCCN1c1ccccc1C(=N)N. The molecule has 1 atom stereocenters. The number of nitrogens with two attached hydrogens (primary N) is 1. The Morgan fingerprint density at radius 1 is 1.47 bits per heavy atom. The van der Waals surface area contributed by atoms with Gasteiger partial charge in [0.1, 0.15) is 5.84 Å². The normalized spacial score (nSPS) is 20.6. The van der Waals surface area contributed by atoms with Crippen LogP contribution in [0.15, 0.2) is 24.3 Å². The smallest absolute Gasteiger partial charge is 0.124 e. The Morgan fingerprint density at radius 3 is 2.80 bits per heavy atom. The molecule has 15 heavy (non-hydrogen) atoms. The third-order valence-electron chi connectivity index (χ3n) is 3.06. The van der Waals surface area contributed by atoms with Crippen molar-refractivity contribution in [2.75, 3.05) is 11.4 Å². The van der Waals surface area contributed by atoms with Crippen molar-refractivity contribution in [1.29, 1.82) is 5.41 Å². The van der Waals surface area contributed by atoms with Gasteiger partial charge in [0.2, 0.25) is 0 Å². The summed E-state index contributed by atoms with van der Waals surface area (Å²) in [5, 5.41) is 7.56. The highest BCUT2D eigenvalue weighted by Gasteiger charge is 2.22. The zero-order chi connectivity index (χ0) is 10.8. The van der Waals surface area contributed by atoms with Crippen LogP contribution in [0.3, 0.4) is 0 Å². The van der Waals surface area contributed by atoms with Crippen LogP contribution >= 0.6 is 0 Å². The van der Waals surface area contributed by atoms with E-state index in [1.165, 1.54) is 12.8 Å². The first kappa shape index (κ1) is 10.0. The maximum Gasteiger partial charge on any atom is 0.124 e. The summed E-state index contributed by atoms with van der Waals surface area (Å²) >= 11 is 0. The molecule has 3 nitrogen and oxygen atoms in total. The molecule has 1 aromatic rings. The second kappa shape index (κ2) is 3.93. The van der Waals surface area contributed by atoms with Crippen LogP contribution in [0.2, 0.25) is 0 Å². The van der Waals surface area contributed by atoms with Crippen LogP contribution in [-0.4, -0.2) is 18.4 Å². The minimum Gasteiger partial charge on any atom is -0.384 e. The van der Waals surface area contributed by atoms with Crippen LogP contribution in [0.4, 0.5) is 5.69 Å². The van der Waals surface area contributed by atoms with Crippen LogP contribution in [0.5, 0.6) is 0 Å². The quantitative estimate of drug-likeness (QED) is 0.570. The van der Waals surface area contributed by atoms with E-state index in [0.29, 0.717) is 6.04 Å². The zero-order valence-corrected chi connectivity index (χ0v) is 9.03. The van der Waals surface area contributed by atoms with Gasteiger partial charge in [0.25, 0.3) is 0 Å². The topological polar surface area (TPSA) is 53.1 Å². The van der Waals surface area contributed by atoms with E-state index in [1.807, 2.05) is 18.2 Å². The summed E-state index contributed by atoms with van der Waals surface area (Å²) in [5.74, 6) is 0.157. The molecule has 1 aromatic carbocycles. The standard InChI is InChI=1S/C12H17N3/c1-9-5-4-8-15(9)11-7-3-2-6-10(11)12(13)14/h2-3,6-7,9H,4-5,8H2,1H3,(H3,13,14). The summed E-state index contributed by atoms with van der Waals surface area (Å²) in [5.41, 5.74) is 7.54. The molecule has 1 saturated heterocycles. The van der Waals surface area contributed by atoms with Gasteiger partial charge in [-0.25, -0.2) is 0 Å². The molecule has 0 radical (unpaired) electrons. The number of benzene rings is 1. The van der Waals surface area contributed by atoms with E-state index < -0.39 is 0 Å². The van der Waals surface area contributed by atoms with Crippen LogP contribution < -0.4 is 10.6 Å². The monoisotopic (exact) mass is 203 g/mol. The maximum absolute atomic E-state index is 7.56. The van der Waals surface area contributed by atoms with E-state index in [1.54, 1.807) is 0 Å². The van der Waals surface area contributed by atoms with Gasteiger partial charge in [0.15, 0.2) is 0 Å². The number of para-hydroxylation sites is 1. The first-order valence-electron chi connectivity index (χ1n) is 5.40. The van der Waals surface area contributed by atoms with Crippen LogP contribution in [0.25, 0.3) is 0 Å². The Hall–Kier alpha value is -1.51. The molecule has 2 rings (SSSR count). The molecule has 3 N–H and O–H groups in total. The van der Waals surface area contributed by atoms with E-state index in [2.05, 4.69) is 17.9 Å². The van der Waals surface area contributed by atoms with Gasteiger partial charge in [0.05, 0.1) is 0 Å². The molecular formula is C12H17N3. The van der Waals surface area contributed by atoms with Gasteiger partial charge in [0, 0.05) is 23.8 Å². The Balaban J connectivity index is 2.38. The Morgan fingerprint density at radius 2 is 2.20 bits per heavy atom. The number of hydrogen-bond donors (Lipinski definition) is 2. The van der Waals surface area contributed by atoms with Crippen molar-refractivity contribution >= 4 is 11.5 Å². The Labute approximate surface area is 90.4 Å². The van der Waals surface area contributed by atoms with E-state index in [-0.39, 0.29) is 5.84 Å². The summed E-state index contributed by atoms with van der Waals surface area (Å²) in [4.78, 5) is 2.34. The molecule has 1 fully saturated rings. The predicted octanol–water partition coefficient (Wildman–Crippen LogP) is 1.96. The van der Waals surface area contributed by atoms with Gasteiger partial charge in [-0.1, -0.05) is 12.1 Å². The zero-order valence-electron chi connectivity index (χ0n) is 9.03. The predicted molar refractivity (Wildman–Crippen MR) is 63.5 cm³/mol. The first-order chi connectivity index (χ1) is 7.20. The van der Waals surface area contributed by atoms with Crippen molar-refractivity contribution in [3.63, 3.8) is 0 Å². The molecule has 0 amide bonds. The van der Waals surface area contributed by atoms with Crippen molar-refractivity contribution in [3.8, 4) is 0 Å². The number of nitrogens with zero attached hydrogens (tertiary/aromatic N) is 1. The summed E-state index contributed by atoms with van der Waals surface area (Å²) in [6, 6.07) is 8.47. The summed E-state index contributed by atoms with van der Waals surface area (Å²) in [6.45, 7) is 3.30. The fourth-order valence-corrected chi connectivity index (χ4v) is 2.24. The highest BCUT2D eigenvalue weighted by Crippen LogP contribution is 2.27. The lowest BCUT2D eigenvalue weighted by atomic mass is 10.1. The number of nitrogen functional groups attached to an aromatic ring is 1. The van der Waals surface area contributed by atoms with Gasteiger partial charge in [-0.2, -0.15) is 0 Å². The molecular weight excluding hydrogens is 186 g/mol. The van der Waals surface area contributed by atoms with E-state index in [4.69, 9.17) is 11.1 Å². The van der Waals surface area contributed by atoms with Crippen molar-refractivity contribution in [2.45, 2.75) is 25.8 Å². The third-order valence-corrected chi connectivity index (χ3v) is 3.06. The van der Waals surface area contributed by atoms with E-state index in [0.717, 1.165) is 17.8 Å². The molecule has 1 unspecified atom stereocenters. The molecule has 0 aromatic heterocycles. The van der Waals surface area contributed by atoms with Crippen LogP contribution in [-0.2, 0) is 0 Å². The average molecular weight is 203 g/mol. The summed E-state index contributed by atoms with van der Waals surface area (Å²) < 4.78 is 0. The van der Waals surface area contributed by atoms with Crippen LogP contribution in [0, 0.1) is 5.41 Å². The number of nitrogens with one attached hydrogen (secondary N) is 1. The number of anilines is 1. The number of hydrogen-bond acceptors (Lipinski definition) is 2. The van der Waals surface area contributed by atoms with Crippen molar-refractivity contribution in [1.82, 2.24) is 0 Å². The van der Waals surface area contributed by atoms with Gasteiger partial charge >= 0.3 is 0 Å². The molecule has 0 saturated carbocycles. The van der Waals surface area contributed by atoms with Crippen molar-refractivity contribution in [3.05, 3.63) is 29.8 Å². The molecule has 3 heteroatoms. The lowest BCUT2D eigenvalue weighted by molar-refractivity contribution is 0.734. The summed E-state index contributed by atoms with van der Waals surface area (Å²) in [7, 11) is 0. The molecule has 1 heterocycles.